The van der Waals surface area contributed by atoms with Crippen molar-refractivity contribution < 1.29 is 5.11 Å². The van der Waals surface area contributed by atoms with Gasteiger partial charge in [-0.3, -0.25) is 0 Å². The lowest BCUT2D eigenvalue weighted by Gasteiger charge is -2.20. The second kappa shape index (κ2) is 5.71. The Kier molecular flexibility index (Phi) is 4.56. The summed E-state index contributed by atoms with van der Waals surface area (Å²) in [5.74, 6) is 1.03. The van der Waals surface area contributed by atoms with Gasteiger partial charge in [0.15, 0.2) is 0 Å². The van der Waals surface area contributed by atoms with Crippen molar-refractivity contribution in [1.29, 1.82) is 0 Å². The molecule has 0 fully saturated rings. The standard InChI is InChI=1S/C12H20N2O/c1-4-14(5-2)12-8-10(3)11(6-7-15)9-13-12/h8-9,15H,4-7H2,1-3H3. The molecule has 3 nitrogen and oxygen atoms in total. The van der Waals surface area contributed by atoms with Gasteiger partial charge in [0.25, 0.3) is 0 Å². The molecule has 1 aromatic heterocycles. The first kappa shape index (κ1) is 12.0. The number of rotatable bonds is 5. The summed E-state index contributed by atoms with van der Waals surface area (Å²) in [5, 5.41) is 8.88. The van der Waals surface area contributed by atoms with E-state index in [-0.39, 0.29) is 6.61 Å². The van der Waals surface area contributed by atoms with Crippen molar-refractivity contribution >= 4 is 5.82 Å². The zero-order chi connectivity index (χ0) is 11.3. The first-order valence-corrected chi connectivity index (χ1v) is 5.54. The molecule has 0 aromatic carbocycles. The van der Waals surface area contributed by atoms with Crippen molar-refractivity contribution in [2.45, 2.75) is 27.2 Å². The van der Waals surface area contributed by atoms with E-state index >= 15 is 0 Å². The summed E-state index contributed by atoms with van der Waals surface area (Å²) >= 11 is 0. The van der Waals surface area contributed by atoms with E-state index in [1.807, 2.05) is 6.20 Å². The molecule has 15 heavy (non-hydrogen) atoms. The Labute approximate surface area is 91.8 Å². The van der Waals surface area contributed by atoms with Crippen LogP contribution in [0.3, 0.4) is 0 Å². The van der Waals surface area contributed by atoms with Crippen LogP contribution in [0.15, 0.2) is 12.3 Å². The number of aliphatic hydroxyl groups excluding tert-OH is 1. The largest absolute Gasteiger partial charge is 0.396 e. The molecule has 3 heteroatoms. The molecule has 0 amide bonds. The lowest BCUT2D eigenvalue weighted by atomic mass is 10.1. The molecule has 0 saturated heterocycles. The molecule has 0 unspecified atom stereocenters. The van der Waals surface area contributed by atoms with Gasteiger partial charge in [0, 0.05) is 25.9 Å². The zero-order valence-corrected chi connectivity index (χ0v) is 9.82. The fourth-order valence-electron chi connectivity index (χ4n) is 1.67. The molecule has 0 spiro atoms. The third-order valence-electron chi connectivity index (χ3n) is 2.67. The highest BCUT2D eigenvalue weighted by Crippen LogP contribution is 2.15. The Bertz CT molecular complexity index is 308. The predicted molar refractivity (Wildman–Crippen MR) is 63.3 cm³/mol. The van der Waals surface area contributed by atoms with Gasteiger partial charge >= 0.3 is 0 Å². The van der Waals surface area contributed by atoms with Gasteiger partial charge in [-0.15, -0.1) is 0 Å². The quantitative estimate of drug-likeness (QED) is 0.801. The van der Waals surface area contributed by atoms with Gasteiger partial charge in [-0.05, 0) is 44.4 Å². The van der Waals surface area contributed by atoms with Crippen LogP contribution in [0, 0.1) is 6.92 Å². The normalized spacial score (nSPS) is 10.4. The van der Waals surface area contributed by atoms with E-state index in [4.69, 9.17) is 5.11 Å². The number of aliphatic hydroxyl groups is 1. The summed E-state index contributed by atoms with van der Waals surface area (Å²) in [6, 6.07) is 2.10. The van der Waals surface area contributed by atoms with Crippen molar-refractivity contribution in [3.05, 3.63) is 23.4 Å². The van der Waals surface area contributed by atoms with Crippen LogP contribution in [0.4, 0.5) is 5.82 Å². The van der Waals surface area contributed by atoms with Gasteiger partial charge in [-0.2, -0.15) is 0 Å². The fourth-order valence-corrected chi connectivity index (χ4v) is 1.67. The van der Waals surface area contributed by atoms with Crippen molar-refractivity contribution in [1.82, 2.24) is 4.98 Å². The third-order valence-corrected chi connectivity index (χ3v) is 2.67. The Hall–Kier alpha value is -1.09. The highest BCUT2D eigenvalue weighted by molar-refractivity contribution is 5.43. The lowest BCUT2D eigenvalue weighted by Crippen LogP contribution is -2.23. The Morgan fingerprint density at radius 1 is 1.33 bits per heavy atom. The number of pyridine rings is 1. The highest BCUT2D eigenvalue weighted by atomic mass is 16.2. The third kappa shape index (κ3) is 2.93. The smallest absolute Gasteiger partial charge is 0.128 e. The van der Waals surface area contributed by atoms with E-state index < -0.39 is 0 Å². The topological polar surface area (TPSA) is 36.4 Å². The summed E-state index contributed by atoms with van der Waals surface area (Å²) in [4.78, 5) is 6.63. The molecular formula is C12H20N2O. The summed E-state index contributed by atoms with van der Waals surface area (Å²) in [7, 11) is 0. The molecule has 0 aliphatic rings. The van der Waals surface area contributed by atoms with E-state index in [1.165, 1.54) is 5.56 Å². The van der Waals surface area contributed by atoms with Gasteiger partial charge in [0.05, 0.1) is 0 Å². The molecule has 84 valence electrons. The molecule has 0 aliphatic heterocycles. The Morgan fingerprint density at radius 2 is 2.00 bits per heavy atom. The van der Waals surface area contributed by atoms with E-state index in [9.17, 15) is 0 Å². The SMILES string of the molecule is CCN(CC)c1cc(C)c(CCO)cn1. The molecule has 0 aliphatic carbocycles. The minimum atomic E-state index is 0.188. The number of hydrogen-bond donors (Lipinski definition) is 1. The minimum Gasteiger partial charge on any atom is -0.396 e. The fraction of sp³-hybridized carbons (Fsp3) is 0.583. The van der Waals surface area contributed by atoms with Crippen LogP contribution in [0.2, 0.25) is 0 Å². The summed E-state index contributed by atoms with van der Waals surface area (Å²) < 4.78 is 0. The summed E-state index contributed by atoms with van der Waals surface area (Å²) in [6.45, 7) is 8.46. The maximum atomic E-state index is 8.88. The Balaban J connectivity index is 2.89. The molecular weight excluding hydrogens is 188 g/mol. The monoisotopic (exact) mass is 208 g/mol. The highest BCUT2D eigenvalue weighted by Gasteiger charge is 2.05. The zero-order valence-electron chi connectivity index (χ0n) is 9.82. The summed E-state index contributed by atoms with van der Waals surface area (Å²) in [6.07, 6.45) is 2.57. The lowest BCUT2D eigenvalue weighted by molar-refractivity contribution is 0.299. The van der Waals surface area contributed by atoms with Crippen molar-refractivity contribution in [2.24, 2.45) is 0 Å². The summed E-state index contributed by atoms with van der Waals surface area (Å²) in [5.41, 5.74) is 2.34. The van der Waals surface area contributed by atoms with Crippen LogP contribution in [0.25, 0.3) is 0 Å². The predicted octanol–water partition coefficient (Wildman–Crippen LogP) is 1.77. The molecule has 0 saturated carbocycles. The van der Waals surface area contributed by atoms with Crippen molar-refractivity contribution in [3.63, 3.8) is 0 Å². The van der Waals surface area contributed by atoms with E-state index in [1.54, 1.807) is 0 Å². The van der Waals surface area contributed by atoms with Crippen LogP contribution in [-0.4, -0.2) is 29.8 Å². The van der Waals surface area contributed by atoms with Crippen LogP contribution >= 0.6 is 0 Å². The van der Waals surface area contributed by atoms with Gasteiger partial charge < -0.3 is 10.0 Å². The van der Waals surface area contributed by atoms with Crippen LogP contribution in [-0.2, 0) is 6.42 Å². The van der Waals surface area contributed by atoms with E-state index in [0.29, 0.717) is 6.42 Å². The van der Waals surface area contributed by atoms with Crippen LogP contribution in [0.5, 0.6) is 0 Å². The molecule has 1 rings (SSSR count). The number of aromatic nitrogens is 1. The number of aryl methyl sites for hydroxylation is 1. The number of hydrogen-bond acceptors (Lipinski definition) is 3. The van der Waals surface area contributed by atoms with Crippen LogP contribution < -0.4 is 4.90 Å². The van der Waals surface area contributed by atoms with Crippen LogP contribution in [0.1, 0.15) is 25.0 Å². The second-order valence-corrected chi connectivity index (χ2v) is 3.61. The maximum Gasteiger partial charge on any atom is 0.128 e. The second-order valence-electron chi connectivity index (χ2n) is 3.61. The number of anilines is 1. The van der Waals surface area contributed by atoms with Gasteiger partial charge in [0.2, 0.25) is 0 Å². The molecule has 1 aromatic rings. The first-order valence-electron chi connectivity index (χ1n) is 5.54. The van der Waals surface area contributed by atoms with E-state index in [0.717, 1.165) is 24.5 Å². The van der Waals surface area contributed by atoms with E-state index in [2.05, 4.69) is 36.7 Å². The number of nitrogens with zero attached hydrogens (tertiary/aromatic N) is 2. The molecule has 0 atom stereocenters. The molecule has 1 heterocycles. The van der Waals surface area contributed by atoms with Gasteiger partial charge in [0.1, 0.15) is 5.82 Å². The van der Waals surface area contributed by atoms with Crippen molar-refractivity contribution in [2.75, 3.05) is 24.6 Å². The molecule has 0 radical (unpaired) electrons. The molecule has 0 bridgehead atoms. The van der Waals surface area contributed by atoms with Gasteiger partial charge in [-0.25, -0.2) is 4.98 Å². The molecule has 1 N–H and O–H groups in total. The van der Waals surface area contributed by atoms with Crippen molar-refractivity contribution in [3.8, 4) is 0 Å². The first-order chi connectivity index (χ1) is 7.22. The minimum absolute atomic E-state index is 0.188. The average Bonchev–Trinajstić information content (AvgIpc) is 2.24. The average molecular weight is 208 g/mol. The maximum absolute atomic E-state index is 8.88. The van der Waals surface area contributed by atoms with Gasteiger partial charge in [-0.1, -0.05) is 0 Å². The Morgan fingerprint density at radius 3 is 2.47 bits per heavy atom.